The van der Waals surface area contributed by atoms with Crippen LogP contribution in [-0.2, 0) is 0 Å². The molecule has 1 N–H and O–H groups in total. The molecule has 0 saturated carbocycles. The van der Waals surface area contributed by atoms with Crippen molar-refractivity contribution >= 4 is 0 Å². The van der Waals surface area contributed by atoms with Crippen LogP contribution in [0.4, 0.5) is 13.2 Å². The molecule has 4 heteroatoms. The summed E-state index contributed by atoms with van der Waals surface area (Å²) < 4.78 is 35.1. The van der Waals surface area contributed by atoms with Crippen LogP contribution in [0, 0.1) is 0 Å². The maximum Gasteiger partial charge on any atom is 0.389 e. The van der Waals surface area contributed by atoms with Crippen LogP contribution < -0.4 is 0 Å². The normalized spacial score (nSPS) is 16.0. The van der Waals surface area contributed by atoms with E-state index in [0.29, 0.717) is 6.42 Å². The molecular formula is C9H15F3O. The Balaban J connectivity index is 3.66. The number of hydrogen-bond acceptors (Lipinski definition) is 1. The van der Waals surface area contributed by atoms with E-state index < -0.39 is 18.7 Å². The van der Waals surface area contributed by atoms with Crippen LogP contribution in [-0.4, -0.2) is 17.4 Å². The fourth-order valence-corrected chi connectivity index (χ4v) is 1.06. The standard InChI is InChI=1S/C9H15F3O/c1-7(6-8(2)13)4-3-5-9(10,11)12/h6,8,13H,3-5H2,1-2H3/b7-6-. The van der Waals surface area contributed by atoms with Gasteiger partial charge in [-0.15, -0.1) is 0 Å². The Morgan fingerprint density at radius 3 is 2.38 bits per heavy atom. The van der Waals surface area contributed by atoms with Crippen molar-refractivity contribution in [3.63, 3.8) is 0 Å². The zero-order chi connectivity index (χ0) is 10.5. The molecule has 1 atom stereocenters. The van der Waals surface area contributed by atoms with Gasteiger partial charge in [0.25, 0.3) is 0 Å². The summed E-state index contributed by atoms with van der Waals surface area (Å²) in [6.45, 7) is 3.30. The van der Waals surface area contributed by atoms with Crippen molar-refractivity contribution in [2.24, 2.45) is 0 Å². The highest BCUT2D eigenvalue weighted by atomic mass is 19.4. The molecule has 0 radical (unpaired) electrons. The third-order valence-corrected chi connectivity index (χ3v) is 1.56. The first kappa shape index (κ1) is 12.5. The molecule has 0 aromatic heterocycles. The molecule has 1 nitrogen and oxygen atoms in total. The Labute approximate surface area is 76.3 Å². The van der Waals surface area contributed by atoms with Crippen molar-refractivity contribution in [3.05, 3.63) is 11.6 Å². The average Bonchev–Trinajstić information content (AvgIpc) is 1.81. The second-order valence-corrected chi connectivity index (χ2v) is 3.22. The minimum atomic E-state index is -4.06. The summed E-state index contributed by atoms with van der Waals surface area (Å²) in [6, 6.07) is 0. The molecule has 0 aliphatic rings. The van der Waals surface area contributed by atoms with Crippen LogP contribution >= 0.6 is 0 Å². The molecular weight excluding hydrogens is 181 g/mol. The van der Waals surface area contributed by atoms with Gasteiger partial charge in [-0.3, -0.25) is 0 Å². The number of alkyl halides is 3. The van der Waals surface area contributed by atoms with Crippen molar-refractivity contribution in [2.45, 2.75) is 45.4 Å². The molecule has 0 aliphatic carbocycles. The van der Waals surface area contributed by atoms with Gasteiger partial charge in [0, 0.05) is 6.42 Å². The summed E-state index contributed by atoms with van der Waals surface area (Å²) >= 11 is 0. The number of hydrogen-bond donors (Lipinski definition) is 1. The Bertz CT molecular complexity index is 170. The van der Waals surface area contributed by atoms with E-state index in [1.165, 1.54) is 0 Å². The van der Waals surface area contributed by atoms with Crippen LogP contribution in [0.3, 0.4) is 0 Å². The van der Waals surface area contributed by atoms with Crippen LogP contribution in [0.25, 0.3) is 0 Å². The number of rotatable bonds is 4. The number of aliphatic hydroxyl groups excluding tert-OH is 1. The number of aliphatic hydroxyl groups is 1. The highest BCUT2D eigenvalue weighted by Crippen LogP contribution is 2.23. The SMILES string of the molecule is C/C(=C/C(C)O)CCCC(F)(F)F. The fraction of sp³-hybridized carbons (Fsp3) is 0.778. The average molecular weight is 196 g/mol. The number of halogens is 3. The lowest BCUT2D eigenvalue weighted by molar-refractivity contribution is -0.135. The minimum absolute atomic E-state index is 0.0958. The Hall–Kier alpha value is -0.510. The Kier molecular flexibility index (Phi) is 5.06. The van der Waals surface area contributed by atoms with Crippen molar-refractivity contribution in [3.8, 4) is 0 Å². The van der Waals surface area contributed by atoms with Gasteiger partial charge in [0.15, 0.2) is 0 Å². The van der Waals surface area contributed by atoms with E-state index in [9.17, 15) is 13.2 Å². The molecule has 0 aromatic carbocycles. The van der Waals surface area contributed by atoms with Crippen LogP contribution in [0.15, 0.2) is 11.6 Å². The van der Waals surface area contributed by atoms with Gasteiger partial charge in [-0.1, -0.05) is 11.6 Å². The monoisotopic (exact) mass is 196 g/mol. The maximum atomic E-state index is 11.7. The van der Waals surface area contributed by atoms with Crippen LogP contribution in [0.5, 0.6) is 0 Å². The van der Waals surface area contributed by atoms with Gasteiger partial charge in [-0.2, -0.15) is 13.2 Å². The van der Waals surface area contributed by atoms with Gasteiger partial charge in [0.05, 0.1) is 6.10 Å². The second kappa shape index (κ2) is 5.27. The van der Waals surface area contributed by atoms with Crippen LogP contribution in [0.2, 0.25) is 0 Å². The molecule has 0 rings (SSSR count). The van der Waals surface area contributed by atoms with E-state index in [1.807, 2.05) is 0 Å². The van der Waals surface area contributed by atoms with Gasteiger partial charge in [-0.05, 0) is 26.7 Å². The highest BCUT2D eigenvalue weighted by Gasteiger charge is 2.25. The van der Waals surface area contributed by atoms with Gasteiger partial charge >= 0.3 is 6.18 Å². The molecule has 1 unspecified atom stereocenters. The summed E-state index contributed by atoms with van der Waals surface area (Å²) in [4.78, 5) is 0. The highest BCUT2D eigenvalue weighted by molar-refractivity contribution is 5.00. The largest absolute Gasteiger partial charge is 0.389 e. The first-order valence-corrected chi connectivity index (χ1v) is 4.23. The van der Waals surface area contributed by atoms with E-state index in [0.717, 1.165) is 5.57 Å². The second-order valence-electron chi connectivity index (χ2n) is 3.22. The zero-order valence-electron chi connectivity index (χ0n) is 7.86. The first-order valence-electron chi connectivity index (χ1n) is 4.23. The summed E-state index contributed by atoms with van der Waals surface area (Å²) in [6.07, 6.45) is -3.34. The van der Waals surface area contributed by atoms with Crippen molar-refractivity contribution < 1.29 is 18.3 Å². The molecule has 0 amide bonds. The maximum absolute atomic E-state index is 11.7. The summed E-state index contributed by atoms with van der Waals surface area (Å²) in [5.74, 6) is 0. The van der Waals surface area contributed by atoms with Gasteiger partial charge in [0.1, 0.15) is 0 Å². The topological polar surface area (TPSA) is 20.2 Å². The molecule has 0 bridgehead atoms. The zero-order valence-corrected chi connectivity index (χ0v) is 7.86. The third-order valence-electron chi connectivity index (χ3n) is 1.56. The molecule has 78 valence electrons. The van der Waals surface area contributed by atoms with Crippen LogP contribution in [0.1, 0.15) is 33.1 Å². The molecule has 0 saturated heterocycles. The summed E-state index contributed by atoms with van der Waals surface area (Å²) in [5.41, 5.74) is 0.805. The molecule has 0 aliphatic heterocycles. The fourth-order valence-electron chi connectivity index (χ4n) is 1.06. The Morgan fingerprint density at radius 1 is 1.46 bits per heavy atom. The van der Waals surface area contributed by atoms with Gasteiger partial charge < -0.3 is 5.11 Å². The smallest absolute Gasteiger partial charge is 0.389 e. The quantitative estimate of drug-likeness (QED) is 0.685. The van der Waals surface area contributed by atoms with E-state index in [2.05, 4.69) is 0 Å². The predicted octanol–water partition coefficient (Wildman–Crippen LogP) is 3.05. The van der Waals surface area contributed by atoms with Crippen molar-refractivity contribution in [1.29, 1.82) is 0 Å². The summed E-state index contributed by atoms with van der Waals surface area (Å²) in [7, 11) is 0. The lowest BCUT2D eigenvalue weighted by atomic mass is 10.1. The Morgan fingerprint density at radius 2 is 2.00 bits per heavy atom. The van der Waals surface area contributed by atoms with E-state index in [-0.39, 0.29) is 6.42 Å². The van der Waals surface area contributed by atoms with E-state index >= 15 is 0 Å². The lowest BCUT2D eigenvalue weighted by Crippen LogP contribution is -2.06. The molecule has 0 heterocycles. The number of allylic oxidation sites excluding steroid dienone is 1. The lowest BCUT2D eigenvalue weighted by Gasteiger charge is -2.06. The molecule has 13 heavy (non-hydrogen) atoms. The van der Waals surface area contributed by atoms with Gasteiger partial charge in [-0.25, -0.2) is 0 Å². The minimum Gasteiger partial charge on any atom is -0.389 e. The van der Waals surface area contributed by atoms with Crippen molar-refractivity contribution in [2.75, 3.05) is 0 Å². The van der Waals surface area contributed by atoms with E-state index in [1.54, 1.807) is 19.9 Å². The molecule has 0 aromatic rings. The summed E-state index contributed by atoms with van der Waals surface area (Å²) in [5, 5.41) is 8.88. The van der Waals surface area contributed by atoms with Crippen molar-refractivity contribution in [1.82, 2.24) is 0 Å². The predicted molar refractivity (Wildman–Crippen MR) is 45.3 cm³/mol. The first-order chi connectivity index (χ1) is 5.81. The van der Waals surface area contributed by atoms with E-state index in [4.69, 9.17) is 5.11 Å². The molecule has 0 spiro atoms. The molecule has 0 fully saturated rings. The van der Waals surface area contributed by atoms with Gasteiger partial charge in [0.2, 0.25) is 0 Å². The third kappa shape index (κ3) is 9.40.